The lowest BCUT2D eigenvalue weighted by molar-refractivity contribution is 0.450. The van der Waals surface area contributed by atoms with Crippen molar-refractivity contribution < 1.29 is 4.74 Å². The maximum atomic E-state index is 8.95. The van der Waals surface area contributed by atoms with E-state index in [-0.39, 0.29) is 5.28 Å². The number of halogens is 2. The Morgan fingerprint density at radius 2 is 1.80 bits per heavy atom. The number of benzene rings is 1. The van der Waals surface area contributed by atoms with E-state index in [1.165, 1.54) is 0 Å². The molecule has 0 saturated heterocycles. The van der Waals surface area contributed by atoms with E-state index in [9.17, 15) is 0 Å². The summed E-state index contributed by atoms with van der Waals surface area (Å²) in [6.45, 7) is 5.57. The molecular formula is C14H11BrClN3O. The summed E-state index contributed by atoms with van der Waals surface area (Å²) in [6, 6.07) is 5.66. The predicted molar refractivity (Wildman–Crippen MR) is 80.2 cm³/mol. The number of hydrogen-bond donors (Lipinski definition) is 0. The fraction of sp³-hybridized carbons (Fsp3) is 0.214. The minimum atomic E-state index is 0.129. The second-order valence-corrected chi connectivity index (χ2v) is 5.48. The van der Waals surface area contributed by atoms with Gasteiger partial charge >= 0.3 is 0 Å². The van der Waals surface area contributed by atoms with E-state index < -0.39 is 0 Å². The van der Waals surface area contributed by atoms with Crippen molar-refractivity contribution in [1.82, 2.24) is 9.97 Å². The molecule has 1 aromatic heterocycles. The van der Waals surface area contributed by atoms with Gasteiger partial charge in [-0.25, -0.2) is 4.98 Å². The molecule has 1 aromatic carbocycles. The van der Waals surface area contributed by atoms with Crippen LogP contribution in [-0.2, 0) is 0 Å². The van der Waals surface area contributed by atoms with Gasteiger partial charge in [0.05, 0.1) is 17.3 Å². The van der Waals surface area contributed by atoms with Crippen molar-refractivity contribution in [2.24, 2.45) is 0 Å². The summed E-state index contributed by atoms with van der Waals surface area (Å²) < 4.78 is 6.50. The predicted octanol–water partition coefficient (Wildman–Crippen LogP) is 4.48. The summed E-state index contributed by atoms with van der Waals surface area (Å²) in [5, 5.41) is 9.08. The molecule has 0 unspecified atom stereocenters. The third-order valence-corrected chi connectivity index (χ3v) is 3.83. The summed E-state index contributed by atoms with van der Waals surface area (Å²) in [5.74, 6) is 1.03. The third kappa shape index (κ3) is 2.92. The molecular weight excluding hydrogens is 342 g/mol. The Morgan fingerprint density at radius 3 is 2.35 bits per heavy atom. The Kier molecular flexibility index (Phi) is 4.26. The van der Waals surface area contributed by atoms with E-state index >= 15 is 0 Å². The van der Waals surface area contributed by atoms with Crippen LogP contribution in [0.4, 0.5) is 0 Å². The fourth-order valence-corrected chi connectivity index (χ4v) is 2.30. The molecule has 0 bridgehead atoms. The Balaban J connectivity index is 2.49. The first kappa shape index (κ1) is 14.8. The summed E-state index contributed by atoms with van der Waals surface area (Å²) in [5.41, 5.74) is 3.02. The van der Waals surface area contributed by atoms with Crippen molar-refractivity contribution in [3.8, 4) is 17.7 Å². The van der Waals surface area contributed by atoms with Gasteiger partial charge in [-0.05, 0) is 71.6 Å². The molecule has 1 heterocycles. The van der Waals surface area contributed by atoms with E-state index in [1.807, 2.05) is 20.8 Å². The van der Waals surface area contributed by atoms with Crippen LogP contribution in [0.5, 0.6) is 11.6 Å². The summed E-state index contributed by atoms with van der Waals surface area (Å²) >= 11 is 9.24. The van der Waals surface area contributed by atoms with Gasteiger partial charge in [0, 0.05) is 0 Å². The molecule has 0 aliphatic heterocycles. The first-order valence-corrected chi connectivity index (χ1v) is 6.98. The molecule has 0 aliphatic rings. The Labute approximate surface area is 130 Å². The number of aromatic nitrogens is 2. The Morgan fingerprint density at radius 1 is 1.20 bits per heavy atom. The van der Waals surface area contributed by atoms with E-state index in [4.69, 9.17) is 21.6 Å². The van der Waals surface area contributed by atoms with Crippen LogP contribution in [0.15, 0.2) is 16.6 Å². The number of aryl methyl sites for hydroxylation is 3. The van der Waals surface area contributed by atoms with Gasteiger partial charge in [0.15, 0.2) is 0 Å². The number of nitrogens with zero attached hydrogens (tertiary/aromatic N) is 3. The molecule has 0 amide bonds. The Hall–Kier alpha value is -1.64. The lowest BCUT2D eigenvalue weighted by atomic mass is 10.1. The lowest BCUT2D eigenvalue weighted by Crippen LogP contribution is -1.98. The van der Waals surface area contributed by atoms with Crippen molar-refractivity contribution >= 4 is 27.5 Å². The highest BCUT2D eigenvalue weighted by Crippen LogP contribution is 2.34. The highest BCUT2D eigenvalue weighted by atomic mass is 79.9. The summed E-state index contributed by atoms with van der Waals surface area (Å²) in [7, 11) is 0. The minimum Gasteiger partial charge on any atom is -0.437 e. The molecule has 0 atom stereocenters. The molecule has 6 heteroatoms. The van der Waals surface area contributed by atoms with Gasteiger partial charge in [0.2, 0.25) is 11.2 Å². The summed E-state index contributed by atoms with van der Waals surface area (Å²) in [6.07, 6.45) is 0. The van der Waals surface area contributed by atoms with Crippen LogP contribution in [0.3, 0.4) is 0 Å². The Bertz CT molecular complexity index is 702. The molecule has 4 nitrogen and oxygen atoms in total. The minimum absolute atomic E-state index is 0.129. The maximum absolute atomic E-state index is 8.95. The normalized spacial score (nSPS) is 10.2. The first-order chi connectivity index (χ1) is 9.42. The second-order valence-electron chi connectivity index (χ2n) is 4.35. The van der Waals surface area contributed by atoms with Crippen molar-refractivity contribution in [3.63, 3.8) is 0 Å². The quantitative estimate of drug-likeness (QED) is 0.748. The second kappa shape index (κ2) is 5.78. The zero-order valence-corrected chi connectivity index (χ0v) is 13.5. The van der Waals surface area contributed by atoms with Crippen molar-refractivity contribution in [3.05, 3.63) is 44.3 Å². The van der Waals surface area contributed by atoms with Gasteiger partial charge in [-0.2, -0.15) is 10.2 Å². The number of nitriles is 1. The SMILES string of the molecule is Cc1cc(C#N)cc(C)c1Oc1nc(Cl)nc(C)c1Br. The fourth-order valence-electron chi connectivity index (χ4n) is 1.84. The van der Waals surface area contributed by atoms with Crippen LogP contribution in [0, 0.1) is 32.1 Å². The smallest absolute Gasteiger partial charge is 0.238 e. The van der Waals surface area contributed by atoms with Gasteiger partial charge in [-0.1, -0.05) is 0 Å². The molecule has 2 aromatic rings. The van der Waals surface area contributed by atoms with E-state index in [0.717, 1.165) is 11.1 Å². The first-order valence-electron chi connectivity index (χ1n) is 5.81. The monoisotopic (exact) mass is 351 g/mol. The van der Waals surface area contributed by atoms with Gasteiger partial charge in [-0.15, -0.1) is 0 Å². The van der Waals surface area contributed by atoms with Crippen LogP contribution in [0.2, 0.25) is 5.28 Å². The molecule has 2 rings (SSSR count). The maximum Gasteiger partial charge on any atom is 0.238 e. The van der Waals surface area contributed by atoms with Crippen molar-refractivity contribution in [2.45, 2.75) is 20.8 Å². The average molecular weight is 353 g/mol. The topological polar surface area (TPSA) is 58.8 Å². The molecule has 0 N–H and O–H groups in total. The molecule has 0 saturated carbocycles. The zero-order chi connectivity index (χ0) is 14.9. The van der Waals surface area contributed by atoms with E-state index in [1.54, 1.807) is 12.1 Å². The van der Waals surface area contributed by atoms with Crippen LogP contribution in [0.1, 0.15) is 22.4 Å². The summed E-state index contributed by atoms with van der Waals surface area (Å²) in [4.78, 5) is 8.11. The molecule has 0 spiro atoms. The average Bonchev–Trinajstić information content (AvgIpc) is 2.38. The number of hydrogen-bond acceptors (Lipinski definition) is 4. The van der Waals surface area contributed by atoms with Gasteiger partial charge in [-0.3, -0.25) is 0 Å². The highest BCUT2D eigenvalue weighted by Gasteiger charge is 2.14. The van der Waals surface area contributed by atoms with Crippen LogP contribution in [0.25, 0.3) is 0 Å². The standard InChI is InChI=1S/C14H11BrClN3O/c1-7-4-10(6-17)5-8(2)12(7)20-13-11(15)9(3)18-14(16)19-13/h4-5H,1-3H3. The largest absolute Gasteiger partial charge is 0.437 e. The van der Waals surface area contributed by atoms with Gasteiger partial charge in [0.1, 0.15) is 10.2 Å². The van der Waals surface area contributed by atoms with Crippen LogP contribution < -0.4 is 4.74 Å². The van der Waals surface area contributed by atoms with Crippen molar-refractivity contribution in [1.29, 1.82) is 5.26 Å². The van der Waals surface area contributed by atoms with E-state index in [2.05, 4.69) is 32.0 Å². The van der Waals surface area contributed by atoms with E-state index in [0.29, 0.717) is 27.4 Å². The molecule has 0 fully saturated rings. The van der Waals surface area contributed by atoms with Crippen LogP contribution in [-0.4, -0.2) is 9.97 Å². The third-order valence-electron chi connectivity index (χ3n) is 2.75. The molecule has 0 radical (unpaired) electrons. The van der Waals surface area contributed by atoms with Gasteiger partial charge in [0.25, 0.3) is 0 Å². The zero-order valence-electron chi connectivity index (χ0n) is 11.2. The van der Waals surface area contributed by atoms with Crippen molar-refractivity contribution in [2.75, 3.05) is 0 Å². The van der Waals surface area contributed by atoms with Gasteiger partial charge < -0.3 is 4.74 Å². The lowest BCUT2D eigenvalue weighted by Gasteiger charge is -2.13. The molecule has 20 heavy (non-hydrogen) atoms. The number of ether oxygens (including phenoxy) is 1. The molecule has 102 valence electrons. The molecule has 0 aliphatic carbocycles. The number of rotatable bonds is 2. The van der Waals surface area contributed by atoms with Crippen LogP contribution >= 0.6 is 27.5 Å². The highest BCUT2D eigenvalue weighted by molar-refractivity contribution is 9.10.